The van der Waals surface area contributed by atoms with E-state index in [0.29, 0.717) is 6.04 Å². The van der Waals surface area contributed by atoms with Crippen molar-refractivity contribution in [3.63, 3.8) is 0 Å². The van der Waals surface area contributed by atoms with Gasteiger partial charge in [0, 0.05) is 38.4 Å². The lowest BCUT2D eigenvalue weighted by atomic mass is 10.2. The molecule has 1 N–H and O–H groups in total. The maximum atomic E-state index is 4.72. The largest absolute Gasteiger partial charge is 0.355 e. The standard InChI is InChI=1S/C17H32N4/c1-7-8-21(10-9-20(5)6)17-15(4)11-16(13-19-17)12-18-14(2)3/h11,13-14,18H,7-10,12H2,1-6H3. The van der Waals surface area contributed by atoms with Crippen molar-refractivity contribution in [1.29, 1.82) is 0 Å². The number of pyridine rings is 1. The quantitative estimate of drug-likeness (QED) is 0.758. The van der Waals surface area contributed by atoms with E-state index < -0.39 is 0 Å². The first-order valence-electron chi connectivity index (χ1n) is 8.02. The molecule has 0 amide bonds. The summed E-state index contributed by atoms with van der Waals surface area (Å²) in [6, 6.07) is 2.76. The van der Waals surface area contributed by atoms with Crippen molar-refractivity contribution in [2.45, 2.75) is 46.7 Å². The smallest absolute Gasteiger partial charge is 0.131 e. The zero-order valence-corrected chi connectivity index (χ0v) is 14.6. The average Bonchev–Trinajstić information content (AvgIpc) is 2.41. The molecule has 0 spiro atoms. The summed E-state index contributed by atoms with van der Waals surface area (Å²) in [5.74, 6) is 1.13. The van der Waals surface area contributed by atoms with Crippen LogP contribution in [0.15, 0.2) is 12.3 Å². The zero-order chi connectivity index (χ0) is 15.8. The summed E-state index contributed by atoms with van der Waals surface area (Å²) >= 11 is 0. The number of hydrogen-bond donors (Lipinski definition) is 1. The van der Waals surface area contributed by atoms with Gasteiger partial charge in [-0.2, -0.15) is 0 Å². The maximum Gasteiger partial charge on any atom is 0.131 e. The molecule has 0 radical (unpaired) electrons. The van der Waals surface area contributed by atoms with E-state index >= 15 is 0 Å². The van der Waals surface area contributed by atoms with Crippen molar-refractivity contribution < 1.29 is 0 Å². The fourth-order valence-electron chi connectivity index (χ4n) is 2.29. The highest BCUT2D eigenvalue weighted by Crippen LogP contribution is 2.18. The van der Waals surface area contributed by atoms with Gasteiger partial charge in [0.15, 0.2) is 0 Å². The molecule has 0 saturated carbocycles. The Kier molecular flexibility index (Phi) is 7.68. The molecule has 0 atom stereocenters. The fraction of sp³-hybridized carbons (Fsp3) is 0.706. The van der Waals surface area contributed by atoms with E-state index in [1.54, 1.807) is 0 Å². The summed E-state index contributed by atoms with van der Waals surface area (Å²) in [7, 11) is 4.23. The van der Waals surface area contributed by atoms with Crippen LogP contribution in [-0.2, 0) is 6.54 Å². The molecule has 4 nitrogen and oxygen atoms in total. The molecule has 0 aromatic carbocycles. The van der Waals surface area contributed by atoms with Crippen molar-refractivity contribution in [2.75, 3.05) is 38.6 Å². The zero-order valence-electron chi connectivity index (χ0n) is 14.6. The topological polar surface area (TPSA) is 31.4 Å². The van der Waals surface area contributed by atoms with Crippen LogP contribution in [0.25, 0.3) is 0 Å². The van der Waals surface area contributed by atoms with Gasteiger partial charge in [-0.25, -0.2) is 4.98 Å². The summed E-state index contributed by atoms with van der Waals surface area (Å²) in [6.45, 7) is 12.7. The van der Waals surface area contributed by atoms with Crippen LogP contribution < -0.4 is 10.2 Å². The molecule has 0 unspecified atom stereocenters. The molecule has 0 aliphatic carbocycles. The Labute approximate surface area is 130 Å². The van der Waals surface area contributed by atoms with Crippen molar-refractivity contribution in [1.82, 2.24) is 15.2 Å². The first-order chi connectivity index (χ1) is 9.93. The Bertz CT molecular complexity index is 415. The van der Waals surface area contributed by atoms with Gasteiger partial charge in [0.05, 0.1) is 0 Å². The molecular weight excluding hydrogens is 260 g/mol. The third-order valence-electron chi connectivity index (χ3n) is 3.43. The van der Waals surface area contributed by atoms with Crippen LogP contribution in [0.4, 0.5) is 5.82 Å². The molecule has 120 valence electrons. The van der Waals surface area contributed by atoms with Crippen molar-refractivity contribution in [3.05, 3.63) is 23.4 Å². The molecule has 0 bridgehead atoms. The van der Waals surface area contributed by atoms with Gasteiger partial charge in [0.1, 0.15) is 5.82 Å². The first kappa shape index (κ1) is 17.9. The van der Waals surface area contributed by atoms with E-state index in [9.17, 15) is 0 Å². The summed E-state index contributed by atoms with van der Waals surface area (Å²) in [5, 5.41) is 3.44. The van der Waals surface area contributed by atoms with Gasteiger partial charge in [-0.15, -0.1) is 0 Å². The van der Waals surface area contributed by atoms with Gasteiger partial charge in [-0.05, 0) is 44.6 Å². The Hall–Kier alpha value is -1.13. The van der Waals surface area contributed by atoms with E-state index in [1.807, 2.05) is 6.20 Å². The number of hydrogen-bond acceptors (Lipinski definition) is 4. The lowest BCUT2D eigenvalue weighted by Gasteiger charge is -2.26. The normalized spacial score (nSPS) is 11.4. The minimum absolute atomic E-state index is 0.502. The van der Waals surface area contributed by atoms with Gasteiger partial charge < -0.3 is 15.1 Å². The highest BCUT2D eigenvalue weighted by atomic mass is 15.2. The molecule has 1 aromatic heterocycles. The number of anilines is 1. The monoisotopic (exact) mass is 292 g/mol. The number of nitrogens with zero attached hydrogens (tertiary/aromatic N) is 3. The second-order valence-electron chi connectivity index (χ2n) is 6.31. The van der Waals surface area contributed by atoms with Crippen LogP contribution in [0.5, 0.6) is 0 Å². The van der Waals surface area contributed by atoms with Crippen LogP contribution in [0.2, 0.25) is 0 Å². The van der Waals surface area contributed by atoms with Crippen molar-refractivity contribution in [2.24, 2.45) is 0 Å². The molecule has 0 fully saturated rings. The van der Waals surface area contributed by atoms with E-state index in [0.717, 1.165) is 38.4 Å². The minimum Gasteiger partial charge on any atom is -0.355 e. The van der Waals surface area contributed by atoms with Crippen molar-refractivity contribution in [3.8, 4) is 0 Å². The van der Waals surface area contributed by atoms with Crippen LogP contribution in [0.1, 0.15) is 38.3 Å². The van der Waals surface area contributed by atoms with Gasteiger partial charge in [0.25, 0.3) is 0 Å². The average molecular weight is 292 g/mol. The van der Waals surface area contributed by atoms with Crippen LogP contribution >= 0.6 is 0 Å². The second-order valence-corrected chi connectivity index (χ2v) is 6.31. The summed E-state index contributed by atoms with van der Waals surface area (Å²) in [4.78, 5) is 9.34. The third kappa shape index (κ3) is 6.44. The molecule has 21 heavy (non-hydrogen) atoms. The molecule has 0 aliphatic rings. The molecule has 4 heteroatoms. The van der Waals surface area contributed by atoms with Gasteiger partial charge in [-0.3, -0.25) is 0 Å². The predicted molar refractivity (Wildman–Crippen MR) is 92.0 cm³/mol. The van der Waals surface area contributed by atoms with E-state index in [2.05, 4.69) is 63.0 Å². The number of rotatable bonds is 9. The van der Waals surface area contributed by atoms with E-state index in [-0.39, 0.29) is 0 Å². The highest BCUT2D eigenvalue weighted by Gasteiger charge is 2.11. The molecule has 0 aliphatic heterocycles. The number of aryl methyl sites for hydroxylation is 1. The molecular formula is C17H32N4. The fourth-order valence-corrected chi connectivity index (χ4v) is 2.29. The Morgan fingerprint density at radius 1 is 1.19 bits per heavy atom. The number of aromatic nitrogens is 1. The van der Waals surface area contributed by atoms with E-state index in [4.69, 9.17) is 4.98 Å². The lowest BCUT2D eigenvalue weighted by Crippen LogP contribution is -2.33. The minimum atomic E-state index is 0.502. The third-order valence-corrected chi connectivity index (χ3v) is 3.43. The summed E-state index contributed by atoms with van der Waals surface area (Å²) in [5.41, 5.74) is 2.53. The Morgan fingerprint density at radius 2 is 1.90 bits per heavy atom. The molecule has 1 rings (SSSR count). The van der Waals surface area contributed by atoms with E-state index in [1.165, 1.54) is 11.1 Å². The van der Waals surface area contributed by atoms with Crippen LogP contribution in [0.3, 0.4) is 0 Å². The lowest BCUT2D eigenvalue weighted by molar-refractivity contribution is 0.412. The highest BCUT2D eigenvalue weighted by molar-refractivity contribution is 5.47. The van der Waals surface area contributed by atoms with Crippen molar-refractivity contribution >= 4 is 5.82 Å². The van der Waals surface area contributed by atoms with Crippen LogP contribution in [0, 0.1) is 6.92 Å². The van der Waals surface area contributed by atoms with Gasteiger partial charge in [0.2, 0.25) is 0 Å². The SMILES string of the molecule is CCCN(CCN(C)C)c1ncc(CNC(C)C)cc1C. The van der Waals surface area contributed by atoms with Gasteiger partial charge >= 0.3 is 0 Å². The Balaban J connectivity index is 2.78. The second kappa shape index (κ2) is 9.00. The molecule has 0 saturated heterocycles. The summed E-state index contributed by atoms with van der Waals surface area (Å²) < 4.78 is 0. The Morgan fingerprint density at radius 3 is 2.43 bits per heavy atom. The van der Waals surface area contributed by atoms with Gasteiger partial charge in [-0.1, -0.05) is 20.8 Å². The first-order valence-corrected chi connectivity index (χ1v) is 8.02. The number of nitrogens with one attached hydrogen (secondary N) is 1. The predicted octanol–water partition coefficient (Wildman–Crippen LogP) is 2.67. The van der Waals surface area contributed by atoms with Crippen LogP contribution in [-0.4, -0.2) is 49.7 Å². The molecule has 1 aromatic rings. The maximum absolute atomic E-state index is 4.72. The summed E-state index contributed by atoms with van der Waals surface area (Å²) in [6.07, 6.45) is 3.15. The molecule has 1 heterocycles. The number of likely N-dealkylation sites (N-methyl/N-ethyl adjacent to an activating group) is 1.